The first-order valence-electron chi connectivity index (χ1n) is 11.0. The van der Waals surface area contributed by atoms with Crippen molar-refractivity contribution < 1.29 is 9.59 Å². The predicted molar refractivity (Wildman–Crippen MR) is 114 cm³/mol. The molecule has 0 aromatic carbocycles. The Labute approximate surface area is 179 Å². The number of carbonyl (C=O) groups excluding carboxylic acids is 2. The molecule has 0 aliphatic heterocycles. The van der Waals surface area contributed by atoms with Gasteiger partial charge in [0.05, 0.1) is 11.8 Å². The second-order valence-corrected chi connectivity index (χ2v) is 9.01. The SMILES string of the molecule is Cl.NC1CC2CCCC(C1)C2NC(=O)c1cnn(CC(=O)NC2CCCCC2)c1. The number of hydrogen-bond acceptors (Lipinski definition) is 4. The van der Waals surface area contributed by atoms with Gasteiger partial charge in [0.2, 0.25) is 5.91 Å². The van der Waals surface area contributed by atoms with Crippen LogP contribution in [0.5, 0.6) is 0 Å². The molecule has 3 aliphatic rings. The molecule has 0 spiro atoms. The third-order valence-electron chi connectivity index (χ3n) is 6.85. The largest absolute Gasteiger partial charge is 0.352 e. The highest BCUT2D eigenvalue weighted by Gasteiger charge is 2.40. The molecule has 2 unspecified atom stereocenters. The molecule has 1 aromatic rings. The van der Waals surface area contributed by atoms with Gasteiger partial charge in [-0.15, -0.1) is 12.4 Å². The molecule has 29 heavy (non-hydrogen) atoms. The molecule has 1 heterocycles. The van der Waals surface area contributed by atoms with E-state index in [1.807, 2.05) is 0 Å². The van der Waals surface area contributed by atoms with Crippen molar-refractivity contribution in [3.63, 3.8) is 0 Å². The fraction of sp³-hybridized carbons (Fsp3) is 0.762. The lowest BCUT2D eigenvalue weighted by Gasteiger charge is -2.45. The first kappa shape index (κ1) is 22.1. The summed E-state index contributed by atoms with van der Waals surface area (Å²) in [5.41, 5.74) is 6.71. The molecule has 3 aliphatic carbocycles. The summed E-state index contributed by atoms with van der Waals surface area (Å²) < 4.78 is 1.56. The first-order valence-corrected chi connectivity index (χ1v) is 11.0. The van der Waals surface area contributed by atoms with Crippen LogP contribution in [0.4, 0.5) is 0 Å². The van der Waals surface area contributed by atoms with E-state index in [4.69, 9.17) is 5.73 Å². The Morgan fingerprint density at radius 2 is 1.72 bits per heavy atom. The van der Waals surface area contributed by atoms with Crippen molar-refractivity contribution in [2.75, 3.05) is 0 Å². The lowest BCUT2D eigenvalue weighted by molar-refractivity contribution is -0.122. The minimum atomic E-state index is -0.0867. The Bertz CT molecular complexity index is 689. The van der Waals surface area contributed by atoms with E-state index in [-0.39, 0.29) is 48.9 Å². The van der Waals surface area contributed by atoms with E-state index >= 15 is 0 Å². The molecule has 0 saturated heterocycles. The number of nitrogens with one attached hydrogen (secondary N) is 2. The van der Waals surface area contributed by atoms with Crippen LogP contribution in [-0.4, -0.2) is 39.7 Å². The minimum absolute atomic E-state index is 0. The maximum absolute atomic E-state index is 12.7. The van der Waals surface area contributed by atoms with Gasteiger partial charge < -0.3 is 16.4 Å². The molecule has 8 heteroatoms. The molecular formula is C21H34ClN5O2. The Kier molecular flexibility index (Phi) is 7.57. The summed E-state index contributed by atoms with van der Waals surface area (Å²) in [7, 11) is 0. The number of nitrogens with two attached hydrogens (primary N) is 1. The fourth-order valence-corrected chi connectivity index (χ4v) is 5.49. The molecule has 2 bridgehead atoms. The topological polar surface area (TPSA) is 102 Å². The number of rotatable bonds is 5. The van der Waals surface area contributed by atoms with Crippen molar-refractivity contribution in [1.82, 2.24) is 20.4 Å². The van der Waals surface area contributed by atoms with Crippen LogP contribution >= 0.6 is 12.4 Å². The summed E-state index contributed by atoms with van der Waals surface area (Å²) in [6.07, 6.45) is 14.5. The van der Waals surface area contributed by atoms with Crippen LogP contribution in [0.25, 0.3) is 0 Å². The predicted octanol–water partition coefficient (Wildman–Crippen LogP) is 2.39. The number of carbonyl (C=O) groups is 2. The number of nitrogens with zero attached hydrogens (tertiary/aromatic N) is 2. The summed E-state index contributed by atoms with van der Waals surface area (Å²) in [6, 6.07) is 0.782. The smallest absolute Gasteiger partial charge is 0.254 e. The standard InChI is InChI=1S/C21H33N5O2.ClH/c22-17-9-14-5-4-6-15(10-17)20(14)25-21(28)16-11-23-26(12-16)13-19(27)24-18-7-2-1-3-8-18;/h11-12,14-15,17-18,20H,1-10,13,22H2,(H,24,27)(H,25,28);1H. The van der Waals surface area contributed by atoms with Crippen LogP contribution in [-0.2, 0) is 11.3 Å². The lowest BCUT2D eigenvalue weighted by atomic mass is 9.67. The maximum Gasteiger partial charge on any atom is 0.254 e. The first-order chi connectivity index (χ1) is 13.6. The molecule has 0 radical (unpaired) electrons. The summed E-state index contributed by atoms with van der Waals surface area (Å²) >= 11 is 0. The third kappa shape index (κ3) is 5.51. The van der Waals surface area contributed by atoms with E-state index in [9.17, 15) is 9.59 Å². The van der Waals surface area contributed by atoms with Gasteiger partial charge in [-0.3, -0.25) is 14.3 Å². The maximum atomic E-state index is 12.7. The van der Waals surface area contributed by atoms with E-state index in [0.29, 0.717) is 17.4 Å². The Hall–Kier alpha value is -1.60. The van der Waals surface area contributed by atoms with Gasteiger partial charge >= 0.3 is 0 Å². The van der Waals surface area contributed by atoms with Crippen molar-refractivity contribution in [3.05, 3.63) is 18.0 Å². The second-order valence-electron chi connectivity index (χ2n) is 9.01. The van der Waals surface area contributed by atoms with E-state index in [0.717, 1.165) is 38.5 Å². The van der Waals surface area contributed by atoms with Gasteiger partial charge in [0.25, 0.3) is 5.91 Å². The minimum Gasteiger partial charge on any atom is -0.352 e. The van der Waals surface area contributed by atoms with Gasteiger partial charge in [0.1, 0.15) is 6.54 Å². The number of aromatic nitrogens is 2. The summed E-state index contributed by atoms with van der Waals surface area (Å²) in [5, 5.41) is 10.6. The van der Waals surface area contributed by atoms with Crippen LogP contribution < -0.4 is 16.4 Å². The molecule has 162 valence electrons. The van der Waals surface area contributed by atoms with Crippen molar-refractivity contribution in [2.24, 2.45) is 17.6 Å². The molecule has 3 saturated carbocycles. The fourth-order valence-electron chi connectivity index (χ4n) is 5.49. The zero-order valence-corrected chi connectivity index (χ0v) is 17.8. The van der Waals surface area contributed by atoms with Gasteiger partial charge in [-0.25, -0.2) is 0 Å². The van der Waals surface area contributed by atoms with Gasteiger partial charge in [-0.1, -0.05) is 25.7 Å². The highest BCUT2D eigenvalue weighted by molar-refractivity contribution is 5.94. The van der Waals surface area contributed by atoms with Crippen LogP contribution in [0.3, 0.4) is 0 Å². The van der Waals surface area contributed by atoms with Gasteiger partial charge in [-0.2, -0.15) is 5.10 Å². The third-order valence-corrected chi connectivity index (χ3v) is 6.85. The van der Waals surface area contributed by atoms with Crippen molar-refractivity contribution in [1.29, 1.82) is 0 Å². The lowest BCUT2D eigenvalue weighted by Crippen LogP contribution is -2.53. The molecule has 2 atom stereocenters. The van der Waals surface area contributed by atoms with E-state index in [1.54, 1.807) is 17.1 Å². The normalized spacial score (nSPS) is 29.6. The Morgan fingerprint density at radius 3 is 2.41 bits per heavy atom. The zero-order chi connectivity index (χ0) is 19.5. The van der Waals surface area contributed by atoms with Gasteiger partial charge in [0, 0.05) is 24.3 Å². The van der Waals surface area contributed by atoms with Crippen LogP contribution in [0.15, 0.2) is 12.4 Å². The van der Waals surface area contributed by atoms with Crippen molar-refractivity contribution >= 4 is 24.2 Å². The molecule has 4 N–H and O–H groups in total. The van der Waals surface area contributed by atoms with Gasteiger partial charge in [0.15, 0.2) is 0 Å². The molecule has 3 fully saturated rings. The van der Waals surface area contributed by atoms with E-state index in [1.165, 1.54) is 25.7 Å². The molecular weight excluding hydrogens is 390 g/mol. The zero-order valence-electron chi connectivity index (χ0n) is 17.0. The van der Waals surface area contributed by atoms with Crippen LogP contribution in [0.1, 0.15) is 74.6 Å². The van der Waals surface area contributed by atoms with E-state index in [2.05, 4.69) is 15.7 Å². The molecule has 1 aromatic heterocycles. The molecule has 4 rings (SSSR count). The number of amides is 2. The average molecular weight is 424 g/mol. The highest BCUT2D eigenvalue weighted by Crippen LogP contribution is 2.39. The summed E-state index contributed by atoms with van der Waals surface area (Å²) in [4.78, 5) is 25.0. The monoisotopic (exact) mass is 423 g/mol. The van der Waals surface area contributed by atoms with Crippen LogP contribution in [0.2, 0.25) is 0 Å². The van der Waals surface area contributed by atoms with Gasteiger partial charge in [-0.05, 0) is 50.4 Å². The number of fused-ring (bicyclic) bond motifs is 2. The van der Waals surface area contributed by atoms with Crippen molar-refractivity contribution in [3.8, 4) is 0 Å². The quantitative estimate of drug-likeness (QED) is 0.676. The second kappa shape index (κ2) is 9.94. The molecule has 2 amide bonds. The number of hydrogen-bond donors (Lipinski definition) is 3. The summed E-state index contributed by atoms with van der Waals surface area (Å²) in [6.45, 7) is 0.160. The Balaban J connectivity index is 0.00000240. The highest BCUT2D eigenvalue weighted by atomic mass is 35.5. The summed E-state index contributed by atoms with van der Waals surface area (Å²) in [5.74, 6) is 0.861. The van der Waals surface area contributed by atoms with E-state index < -0.39 is 0 Å². The van der Waals surface area contributed by atoms with Crippen molar-refractivity contribution in [2.45, 2.75) is 88.9 Å². The molecule has 7 nitrogen and oxygen atoms in total. The van der Waals surface area contributed by atoms with Crippen LogP contribution in [0, 0.1) is 11.8 Å². The number of halogens is 1. The Morgan fingerprint density at radius 1 is 1.03 bits per heavy atom. The average Bonchev–Trinajstić information content (AvgIpc) is 3.11.